The Labute approximate surface area is 185 Å². The minimum Gasteiger partial charge on any atom is -0.392 e. The van der Waals surface area contributed by atoms with Gasteiger partial charge in [0.1, 0.15) is 9.79 Å². The fourth-order valence-electron chi connectivity index (χ4n) is 2.79. The monoisotopic (exact) mass is 470 g/mol. The number of nitrogens with one attached hydrogen (secondary N) is 1. The lowest BCUT2D eigenvalue weighted by Gasteiger charge is -2.11. The van der Waals surface area contributed by atoms with Crippen LogP contribution in [0.2, 0.25) is 0 Å². The van der Waals surface area contributed by atoms with Crippen molar-refractivity contribution in [2.75, 3.05) is 0 Å². The van der Waals surface area contributed by atoms with E-state index >= 15 is 0 Å². The third kappa shape index (κ3) is 5.40. The lowest BCUT2D eigenvalue weighted by molar-refractivity contribution is 0.0981. The van der Waals surface area contributed by atoms with Gasteiger partial charge in [0.2, 0.25) is 10.0 Å². The van der Waals surface area contributed by atoms with E-state index in [0.717, 1.165) is 17.7 Å². The van der Waals surface area contributed by atoms with E-state index in [1.54, 1.807) is 0 Å². The molecule has 0 aliphatic heterocycles. The van der Waals surface area contributed by atoms with Crippen molar-refractivity contribution in [2.24, 2.45) is 5.14 Å². The van der Waals surface area contributed by atoms with Gasteiger partial charge in [-0.25, -0.2) is 26.7 Å². The van der Waals surface area contributed by atoms with Gasteiger partial charge < -0.3 is 5.11 Å². The SMILES string of the molecule is NS(=O)(=O)c1ccccc1S(=O)(=O)NC(=O)c1ccc(C#Cc2ccccc2)c(CO)c1. The molecule has 0 spiro atoms. The maximum Gasteiger partial charge on any atom is 0.265 e. The Morgan fingerprint density at radius 2 is 1.50 bits per heavy atom. The molecule has 0 fully saturated rings. The molecule has 0 heterocycles. The van der Waals surface area contributed by atoms with Gasteiger partial charge >= 0.3 is 0 Å². The Bertz CT molecular complexity index is 1440. The van der Waals surface area contributed by atoms with Crippen molar-refractivity contribution in [1.29, 1.82) is 0 Å². The van der Waals surface area contributed by atoms with Crippen LogP contribution in [0.4, 0.5) is 0 Å². The first-order chi connectivity index (χ1) is 15.1. The molecule has 10 heteroatoms. The minimum atomic E-state index is -4.55. The second-order valence-electron chi connectivity index (χ2n) is 6.57. The van der Waals surface area contributed by atoms with E-state index in [4.69, 9.17) is 5.14 Å². The van der Waals surface area contributed by atoms with Crippen molar-refractivity contribution in [3.05, 3.63) is 95.1 Å². The van der Waals surface area contributed by atoms with Crippen LogP contribution in [0.5, 0.6) is 0 Å². The zero-order valence-corrected chi connectivity index (χ0v) is 18.2. The lowest BCUT2D eigenvalue weighted by atomic mass is 10.0. The number of amides is 1. The highest BCUT2D eigenvalue weighted by Gasteiger charge is 2.26. The first-order valence-corrected chi connectivity index (χ1v) is 12.1. The van der Waals surface area contributed by atoms with Crippen molar-refractivity contribution in [3.8, 4) is 11.8 Å². The maximum absolute atomic E-state index is 12.6. The van der Waals surface area contributed by atoms with Crippen LogP contribution in [0.3, 0.4) is 0 Å². The topological polar surface area (TPSA) is 144 Å². The number of sulfonamides is 2. The molecule has 0 saturated carbocycles. The molecule has 1 amide bonds. The zero-order valence-electron chi connectivity index (χ0n) is 16.5. The summed E-state index contributed by atoms with van der Waals surface area (Å²) in [7, 11) is -8.89. The zero-order chi connectivity index (χ0) is 23.4. The Hall–Kier alpha value is -3.49. The molecule has 3 aromatic rings. The largest absolute Gasteiger partial charge is 0.392 e. The highest BCUT2D eigenvalue weighted by atomic mass is 32.2. The summed E-state index contributed by atoms with van der Waals surface area (Å²) >= 11 is 0. The Morgan fingerprint density at radius 1 is 0.875 bits per heavy atom. The quantitative estimate of drug-likeness (QED) is 0.480. The number of aliphatic hydroxyl groups excluding tert-OH is 1. The molecule has 0 radical (unpaired) electrons. The number of carbonyl (C=O) groups is 1. The Morgan fingerprint density at radius 3 is 2.12 bits per heavy atom. The number of nitrogens with two attached hydrogens (primary N) is 1. The van der Waals surface area contributed by atoms with Crippen LogP contribution >= 0.6 is 0 Å². The highest BCUT2D eigenvalue weighted by molar-refractivity contribution is 7.92. The Kier molecular flexibility index (Phi) is 6.76. The van der Waals surface area contributed by atoms with Gasteiger partial charge in [-0.15, -0.1) is 0 Å². The fraction of sp³-hybridized carbons (Fsp3) is 0.0455. The van der Waals surface area contributed by atoms with Crippen molar-refractivity contribution in [3.63, 3.8) is 0 Å². The molecule has 0 aliphatic rings. The summed E-state index contributed by atoms with van der Waals surface area (Å²) in [4.78, 5) is 11.3. The molecule has 32 heavy (non-hydrogen) atoms. The highest BCUT2D eigenvalue weighted by Crippen LogP contribution is 2.20. The van der Waals surface area contributed by atoms with Crippen molar-refractivity contribution in [1.82, 2.24) is 4.72 Å². The number of primary sulfonamides is 1. The van der Waals surface area contributed by atoms with Gasteiger partial charge in [0.25, 0.3) is 15.9 Å². The molecule has 0 aromatic heterocycles. The number of hydrogen-bond acceptors (Lipinski definition) is 6. The number of hydrogen-bond donors (Lipinski definition) is 3. The van der Waals surface area contributed by atoms with Crippen LogP contribution < -0.4 is 9.86 Å². The number of aliphatic hydroxyl groups is 1. The Balaban J connectivity index is 1.90. The molecular formula is C22H18N2O6S2. The van der Waals surface area contributed by atoms with Crippen LogP contribution in [0, 0.1) is 11.8 Å². The van der Waals surface area contributed by atoms with E-state index < -0.39 is 42.4 Å². The molecule has 8 nitrogen and oxygen atoms in total. The average molecular weight is 471 g/mol. The van der Waals surface area contributed by atoms with Crippen LogP contribution in [0.15, 0.2) is 82.6 Å². The fourth-order valence-corrected chi connectivity index (χ4v) is 5.15. The molecular weight excluding hydrogens is 452 g/mol. The number of carbonyl (C=O) groups excluding carboxylic acids is 1. The normalized spacial score (nSPS) is 11.3. The van der Waals surface area contributed by atoms with E-state index in [2.05, 4.69) is 11.8 Å². The molecule has 3 rings (SSSR count). The third-order valence-corrected chi connectivity index (χ3v) is 6.81. The second kappa shape index (κ2) is 9.33. The molecule has 0 aliphatic carbocycles. The second-order valence-corrected chi connectivity index (χ2v) is 9.75. The first kappa shape index (κ1) is 23.2. The summed E-state index contributed by atoms with van der Waals surface area (Å²) < 4.78 is 50.5. The van der Waals surface area contributed by atoms with Crippen LogP contribution in [0.1, 0.15) is 27.0 Å². The van der Waals surface area contributed by atoms with Crippen LogP contribution in [-0.4, -0.2) is 27.8 Å². The molecule has 0 atom stereocenters. The first-order valence-electron chi connectivity index (χ1n) is 9.11. The molecule has 164 valence electrons. The third-order valence-electron chi connectivity index (χ3n) is 4.33. The van der Waals surface area contributed by atoms with Crippen LogP contribution in [-0.2, 0) is 26.7 Å². The summed E-state index contributed by atoms with van der Waals surface area (Å²) in [6.45, 7) is -0.430. The predicted octanol–water partition coefficient (Wildman–Crippen LogP) is 1.34. The van der Waals surface area contributed by atoms with Crippen molar-refractivity contribution in [2.45, 2.75) is 16.4 Å². The summed E-state index contributed by atoms with van der Waals surface area (Å²) in [5, 5.41) is 14.7. The van der Waals surface area contributed by atoms with Gasteiger partial charge in [0.15, 0.2) is 0 Å². The van der Waals surface area contributed by atoms with Gasteiger partial charge in [-0.1, -0.05) is 42.2 Å². The van der Waals surface area contributed by atoms with E-state index in [1.807, 2.05) is 35.1 Å². The average Bonchev–Trinajstić information content (AvgIpc) is 2.77. The maximum atomic E-state index is 12.6. The summed E-state index contributed by atoms with van der Waals surface area (Å²) in [6, 6.07) is 18.0. The van der Waals surface area contributed by atoms with E-state index in [9.17, 15) is 26.7 Å². The van der Waals surface area contributed by atoms with E-state index in [-0.39, 0.29) is 5.56 Å². The van der Waals surface area contributed by atoms with E-state index in [1.165, 1.54) is 30.3 Å². The number of benzene rings is 3. The van der Waals surface area contributed by atoms with Crippen molar-refractivity contribution >= 4 is 26.0 Å². The van der Waals surface area contributed by atoms with E-state index in [0.29, 0.717) is 11.1 Å². The summed E-state index contributed by atoms with van der Waals surface area (Å²) in [6.07, 6.45) is 0. The smallest absolute Gasteiger partial charge is 0.265 e. The summed E-state index contributed by atoms with van der Waals surface area (Å²) in [5.74, 6) is 4.83. The molecule has 0 bridgehead atoms. The molecule has 3 aromatic carbocycles. The van der Waals surface area contributed by atoms with Crippen molar-refractivity contribution < 1.29 is 26.7 Å². The lowest BCUT2D eigenvalue weighted by Crippen LogP contribution is -2.32. The standard InChI is InChI=1S/C22H18N2O6S2/c23-31(27,28)20-8-4-5-9-21(20)32(29,30)24-22(26)18-13-12-17(19(14-18)15-25)11-10-16-6-2-1-3-7-16/h1-9,12-14,25H,15H2,(H,24,26)(H2,23,27,28). The minimum absolute atomic E-state index is 0.0593. The predicted molar refractivity (Wildman–Crippen MR) is 117 cm³/mol. The molecule has 0 unspecified atom stereocenters. The molecule has 4 N–H and O–H groups in total. The number of rotatable bonds is 5. The van der Waals surface area contributed by atoms with Gasteiger partial charge in [-0.2, -0.15) is 0 Å². The molecule has 0 saturated heterocycles. The van der Waals surface area contributed by atoms with Crippen LogP contribution in [0.25, 0.3) is 0 Å². The van der Waals surface area contributed by atoms with Gasteiger partial charge in [0.05, 0.1) is 6.61 Å². The van der Waals surface area contributed by atoms with Gasteiger partial charge in [-0.05, 0) is 48.0 Å². The van der Waals surface area contributed by atoms with Gasteiger partial charge in [-0.3, -0.25) is 4.79 Å². The van der Waals surface area contributed by atoms with Gasteiger partial charge in [0, 0.05) is 16.7 Å². The summed E-state index contributed by atoms with van der Waals surface area (Å²) in [5.41, 5.74) is 1.49.